The third kappa shape index (κ3) is 4.77. The molecule has 0 aromatic heterocycles. The molecule has 11 heteroatoms. The number of para-hydroxylation sites is 2. The predicted octanol–water partition coefficient (Wildman–Crippen LogP) is 2.64. The standard InChI is InChI=1S/C20H20N4O7/c1-2-31-20(26)15-11-14(12-16(13-15)23(27)28)19(25)22-9-7-21(8-10-22)17-5-3-4-6-18(17)24(29)30/h3-6,11-13H,2,7-10H2,1H3. The van der Waals surface area contributed by atoms with Gasteiger partial charge in [0.1, 0.15) is 5.69 Å². The van der Waals surface area contributed by atoms with Crippen molar-refractivity contribution in [2.45, 2.75) is 6.92 Å². The first-order valence-corrected chi connectivity index (χ1v) is 9.56. The summed E-state index contributed by atoms with van der Waals surface area (Å²) >= 11 is 0. The van der Waals surface area contributed by atoms with Crippen molar-refractivity contribution >= 4 is 28.9 Å². The monoisotopic (exact) mass is 428 g/mol. The number of nitro benzene ring substituents is 2. The van der Waals surface area contributed by atoms with Crippen LogP contribution < -0.4 is 4.90 Å². The van der Waals surface area contributed by atoms with Crippen molar-refractivity contribution in [3.05, 3.63) is 73.8 Å². The molecule has 1 aliphatic heterocycles. The number of anilines is 1. The number of carbonyl (C=O) groups excluding carboxylic acids is 2. The van der Waals surface area contributed by atoms with Crippen LogP contribution in [-0.4, -0.2) is 59.4 Å². The molecule has 2 aromatic rings. The van der Waals surface area contributed by atoms with Gasteiger partial charge in [0.15, 0.2) is 0 Å². The Hall–Kier alpha value is -4.02. The first-order chi connectivity index (χ1) is 14.8. The van der Waals surface area contributed by atoms with Crippen LogP contribution in [-0.2, 0) is 4.74 Å². The van der Waals surface area contributed by atoms with Crippen molar-refractivity contribution < 1.29 is 24.2 Å². The summed E-state index contributed by atoms with van der Waals surface area (Å²) < 4.78 is 4.89. The Morgan fingerprint density at radius 1 is 0.968 bits per heavy atom. The Kier molecular flexibility index (Phi) is 6.43. The summed E-state index contributed by atoms with van der Waals surface area (Å²) in [5.74, 6) is -1.21. The fourth-order valence-electron chi connectivity index (χ4n) is 3.39. The van der Waals surface area contributed by atoms with Gasteiger partial charge in [-0.25, -0.2) is 4.79 Å². The largest absolute Gasteiger partial charge is 0.462 e. The molecule has 2 aromatic carbocycles. The maximum Gasteiger partial charge on any atom is 0.338 e. The zero-order chi connectivity index (χ0) is 22.5. The highest BCUT2D eigenvalue weighted by atomic mass is 16.6. The number of hydrogen-bond acceptors (Lipinski definition) is 8. The summed E-state index contributed by atoms with van der Waals surface area (Å²) in [6.45, 7) is 2.95. The molecular weight excluding hydrogens is 408 g/mol. The maximum absolute atomic E-state index is 13.0. The van der Waals surface area contributed by atoms with Crippen LogP contribution in [0.2, 0.25) is 0 Å². The van der Waals surface area contributed by atoms with Gasteiger partial charge in [0, 0.05) is 49.9 Å². The smallest absolute Gasteiger partial charge is 0.338 e. The van der Waals surface area contributed by atoms with Crippen LogP contribution in [0, 0.1) is 20.2 Å². The van der Waals surface area contributed by atoms with Gasteiger partial charge in [-0.05, 0) is 19.1 Å². The van der Waals surface area contributed by atoms with E-state index in [9.17, 15) is 29.8 Å². The number of piperazine rings is 1. The minimum absolute atomic E-state index is 0.0106. The molecule has 1 amide bonds. The molecule has 0 aliphatic carbocycles. The van der Waals surface area contributed by atoms with E-state index in [0.717, 1.165) is 12.1 Å². The average Bonchev–Trinajstić information content (AvgIpc) is 2.78. The van der Waals surface area contributed by atoms with Crippen molar-refractivity contribution in [3.8, 4) is 0 Å². The van der Waals surface area contributed by atoms with Crippen LogP contribution in [0.4, 0.5) is 17.1 Å². The predicted molar refractivity (Wildman–Crippen MR) is 110 cm³/mol. The van der Waals surface area contributed by atoms with Crippen LogP contribution in [0.3, 0.4) is 0 Å². The van der Waals surface area contributed by atoms with E-state index < -0.39 is 21.7 Å². The minimum atomic E-state index is -0.749. The fraction of sp³-hybridized carbons (Fsp3) is 0.300. The molecule has 0 saturated carbocycles. The molecule has 1 fully saturated rings. The first-order valence-electron chi connectivity index (χ1n) is 9.56. The third-order valence-corrected chi connectivity index (χ3v) is 4.87. The van der Waals surface area contributed by atoms with Gasteiger partial charge in [0.25, 0.3) is 17.3 Å². The average molecular weight is 428 g/mol. The summed E-state index contributed by atoms with van der Waals surface area (Å²) in [5.41, 5.74) is 0.0152. The van der Waals surface area contributed by atoms with Crippen molar-refractivity contribution in [3.63, 3.8) is 0 Å². The van der Waals surface area contributed by atoms with Gasteiger partial charge >= 0.3 is 5.97 Å². The molecule has 0 N–H and O–H groups in total. The van der Waals surface area contributed by atoms with Gasteiger partial charge in [-0.1, -0.05) is 12.1 Å². The van der Waals surface area contributed by atoms with Gasteiger partial charge in [-0.15, -0.1) is 0 Å². The second-order valence-electron chi connectivity index (χ2n) is 6.77. The molecule has 1 aliphatic rings. The molecule has 0 radical (unpaired) electrons. The zero-order valence-corrected chi connectivity index (χ0v) is 16.7. The molecule has 162 valence electrons. The van der Waals surface area contributed by atoms with E-state index in [0.29, 0.717) is 18.8 Å². The Morgan fingerprint density at radius 2 is 1.61 bits per heavy atom. The van der Waals surface area contributed by atoms with Crippen LogP contribution in [0.1, 0.15) is 27.6 Å². The lowest BCUT2D eigenvalue weighted by Gasteiger charge is -2.35. The van der Waals surface area contributed by atoms with E-state index in [4.69, 9.17) is 4.74 Å². The number of amides is 1. The molecule has 0 spiro atoms. The molecule has 1 heterocycles. The van der Waals surface area contributed by atoms with E-state index in [1.165, 1.54) is 17.0 Å². The lowest BCUT2D eigenvalue weighted by atomic mass is 10.1. The van der Waals surface area contributed by atoms with Crippen molar-refractivity contribution in [1.29, 1.82) is 0 Å². The quantitative estimate of drug-likeness (QED) is 0.389. The number of rotatable bonds is 6. The molecule has 1 saturated heterocycles. The van der Waals surface area contributed by atoms with E-state index >= 15 is 0 Å². The summed E-state index contributed by atoms with van der Waals surface area (Å²) in [4.78, 5) is 49.7. The van der Waals surface area contributed by atoms with Crippen LogP contribution >= 0.6 is 0 Å². The van der Waals surface area contributed by atoms with Crippen molar-refractivity contribution in [2.75, 3.05) is 37.7 Å². The second-order valence-corrected chi connectivity index (χ2v) is 6.77. The Labute approximate surface area is 177 Å². The normalized spacial score (nSPS) is 13.6. The molecule has 3 rings (SSSR count). The van der Waals surface area contributed by atoms with Crippen molar-refractivity contribution in [2.24, 2.45) is 0 Å². The third-order valence-electron chi connectivity index (χ3n) is 4.87. The number of nitrogens with zero attached hydrogens (tertiary/aromatic N) is 4. The Morgan fingerprint density at radius 3 is 2.23 bits per heavy atom. The van der Waals surface area contributed by atoms with Gasteiger partial charge in [-0.2, -0.15) is 0 Å². The van der Waals surface area contributed by atoms with Gasteiger partial charge < -0.3 is 14.5 Å². The highest BCUT2D eigenvalue weighted by Gasteiger charge is 2.27. The maximum atomic E-state index is 13.0. The SMILES string of the molecule is CCOC(=O)c1cc(C(=O)N2CCN(c3ccccc3[N+](=O)[O-])CC2)cc([N+](=O)[O-])c1. The number of ether oxygens (including phenoxy) is 1. The van der Waals surface area contributed by atoms with Gasteiger partial charge in [0.05, 0.1) is 22.0 Å². The second kappa shape index (κ2) is 9.20. The lowest BCUT2D eigenvalue weighted by Crippen LogP contribution is -2.49. The van der Waals surface area contributed by atoms with Gasteiger partial charge in [0.2, 0.25) is 0 Å². The molecule has 31 heavy (non-hydrogen) atoms. The number of hydrogen-bond donors (Lipinski definition) is 0. The number of benzene rings is 2. The molecule has 0 bridgehead atoms. The summed E-state index contributed by atoms with van der Waals surface area (Å²) in [6, 6.07) is 9.85. The highest BCUT2D eigenvalue weighted by Crippen LogP contribution is 2.28. The Balaban J connectivity index is 1.78. The van der Waals surface area contributed by atoms with Crippen LogP contribution in [0.5, 0.6) is 0 Å². The summed E-state index contributed by atoms with van der Waals surface area (Å²) in [6.07, 6.45) is 0. The number of nitro groups is 2. The fourth-order valence-corrected chi connectivity index (χ4v) is 3.39. The van der Waals surface area contributed by atoms with Crippen LogP contribution in [0.15, 0.2) is 42.5 Å². The molecule has 0 unspecified atom stereocenters. The summed E-state index contributed by atoms with van der Waals surface area (Å²) in [7, 11) is 0. The first kappa shape index (κ1) is 21.7. The summed E-state index contributed by atoms with van der Waals surface area (Å²) in [5, 5.41) is 22.5. The van der Waals surface area contributed by atoms with E-state index in [2.05, 4.69) is 0 Å². The van der Waals surface area contributed by atoms with Crippen LogP contribution in [0.25, 0.3) is 0 Å². The Bertz CT molecular complexity index is 1030. The minimum Gasteiger partial charge on any atom is -0.462 e. The van der Waals surface area contributed by atoms with Crippen molar-refractivity contribution in [1.82, 2.24) is 4.90 Å². The molecule has 11 nitrogen and oxygen atoms in total. The lowest BCUT2D eigenvalue weighted by molar-refractivity contribution is -0.384. The molecule has 0 atom stereocenters. The topological polar surface area (TPSA) is 136 Å². The number of carbonyl (C=O) groups is 2. The number of esters is 1. The number of non-ortho nitro benzene ring substituents is 1. The highest BCUT2D eigenvalue weighted by molar-refractivity contribution is 5.99. The van der Waals surface area contributed by atoms with Gasteiger partial charge in [-0.3, -0.25) is 25.0 Å². The van der Waals surface area contributed by atoms with E-state index in [1.807, 2.05) is 4.90 Å². The van der Waals surface area contributed by atoms with E-state index in [1.54, 1.807) is 25.1 Å². The zero-order valence-electron chi connectivity index (χ0n) is 16.7. The molecular formula is C20H20N4O7. The van der Waals surface area contributed by atoms with E-state index in [-0.39, 0.29) is 42.2 Å².